The summed E-state index contributed by atoms with van der Waals surface area (Å²) in [6.45, 7) is 3.01. The molecule has 2 aromatic carbocycles. The minimum Gasteiger partial charge on any atom is -0.508 e. The standard InChI is InChI=1S/C23H29NO3/c1-2-3-4-5-6-7-8-9-16-26-20-13-10-18(11-14-20)23-24-21-17-19(25)12-15-22(21)27-23/h10-15,17,25H,2-9,16H2,1H3. The van der Waals surface area contributed by atoms with E-state index in [4.69, 9.17) is 9.15 Å². The molecule has 0 amide bonds. The second-order valence-electron chi connectivity index (χ2n) is 7.02. The van der Waals surface area contributed by atoms with E-state index in [-0.39, 0.29) is 5.75 Å². The van der Waals surface area contributed by atoms with Gasteiger partial charge in [0.05, 0.1) is 6.61 Å². The largest absolute Gasteiger partial charge is 0.508 e. The highest BCUT2D eigenvalue weighted by atomic mass is 16.5. The lowest BCUT2D eigenvalue weighted by Gasteiger charge is -2.06. The van der Waals surface area contributed by atoms with Crippen molar-refractivity contribution < 1.29 is 14.3 Å². The number of aromatic hydroxyl groups is 1. The van der Waals surface area contributed by atoms with Gasteiger partial charge in [-0.1, -0.05) is 51.9 Å². The van der Waals surface area contributed by atoms with Crippen molar-refractivity contribution in [3.05, 3.63) is 42.5 Å². The van der Waals surface area contributed by atoms with E-state index in [1.807, 2.05) is 24.3 Å². The number of aromatic nitrogens is 1. The molecule has 0 unspecified atom stereocenters. The number of benzene rings is 2. The number of hydrogen-bond donors (Lipinski definition) is 1. The van der Waals surface area contributed by atoms with Crippen LogP contribution < -0.4 is 4.74 Å². The van der Waals surface area contributed by atoms with Crippen LogP contribution in [0.15, 0.2) is 46.9 Å². The Hall–Kier alpha value is -2.49. The molecule has 4 nitrogen and oxygen atoms in total. The van der Waals surface area contributed by atoms with Crippen LogP contribution in [0.2, 0.25) is 0 Å². The number of unbranched alkanes of at least 4 members (excludes halogenated alkanes) is 7. The molecule has 3 aromatic rings. The van der Waals surface area contributed by atoms with Gasteiger partial charge in [0.25, 0.3) is 0 Å². The lowest BCUT2D eigenvalue weighted by molar-refractivity contribution is 0.304. The van der Waals surface area contributed by atoms with E-state index in [0.717, 1.165) is 24.3 Å². The molecule has 0 saturated carbocycles. The monoisotopic (exact) mass is 367 g/mol. The summed E-state index contributed by atoms with van der Waals surface area (Å²) in [4.78, 5) is 4.43. The normalized spacial score (nSPS) is 11.1. The highest BCUT2D eigenvalue weighted by Gasteiger charge is 2.09. The molecule has 0 aliphatic heterocycles. The first kappa shape index (κ1) is 19.3. The quantitative estimate of drug-likeness (QED) is 0.382. The van der Waals surface area contributed by atoms with Gasteiger partial charge in [-0.2, -0.15) is 0 Å². The number of phenolic OH excluding ortho intramolecular Hbond substituents is 1. The van der Waals surface area contributed by atoms with Crippen LogP contribution in [0.3, 0.4) is 0 Å². The van der Waals surface area contributed by atoms with Gasteiger partial charge in [-0.15, -0.1) is 0 Å². The van der Waals surface area contributed by atoms with Gasteiger partial charge in [0.2, 0.25) is 5.89 Å². The van der Waals surface area contributed by atoms with Gasteiger partial charge in [-0.05, 0) is 42.8 Å². The summed E-state index contributed by atoms with van der Waals surface area (Å²) in [5, 5.41) is 9.53. The number of ether oxygens (including phenoxy) is 1. The van der Waals surface area contributed by atoms with E-state index in [2.05, 4.69) is 11.9 Å². The third-order valence-corrected chi connectivity index (χ3v) is 4.74. The van der Waals surface area contributed by atoms with Crippen LogP contribution in [0.1, 0.15) is 58.3 Å². The molecule has 0 atom stereocenters. The van der Waals surface area contributed by atoms with Gasteiger partial charge in [-0.25, -0.2) is 4.98 Å². The van der Waals surface area contributed by atoms with Gasteiger partial charge in [0, 0.05) is 11.6 Å². The molecule has 3 rings (SSSR count). The van der Waals surface area contributed by atoms with Crippen molar-refractivity contribution in [2.75, 3.05) is 6.61 Å². The molecule has 0 bridgehead atoms. The van der Waals surface area contributed by atoms with Gasteiger partial charge in [0.1, 0.15) is 17.0 Å². The molecule has 0 aliphatic carbocycles. The molecule has 0 spiro atoms. The zero-order valence-corrected chi connectivity index (χ0v) is 16.1. The van der Waals surface area contributed by atoms with Gasteiger partial charge < -0.3 is 14.3 Å². The zero-order valence-electron chi connectivity index (χ0n) is 16.1. The van der Waals surface area contributed by atoms with Crippen LogP contribution in [0.5, 0.6) is 11.5 Å². The maximum Gasteiger partial charge on any atom is 0.227 e. The lowest BCUT2D eigenvalue weighted by atomic mass is 10.1. The minimum atomic E-state index is 0.187. The van der Waals surface area contributed by atoms with Crippen molar-refractivity contribution >= 4 is 11.1 Å². The number of fused-ring (bicyclic) bond motifs is 1. The first-order valence-corrected chi connectivity index (χ1v) is 10.1. The summed E-state index contributed by atoms with van der Waals surface area (Å²) in [5.74, 6) is 1.60. The van der Waals surface area contributed by atoms with E-state index >= 15 is 0 Å². The Morgan fingerprint density at radius 1 is 0.889 bits per heavy atom. The fourth-order valence-corrected chi connectivity index (χ4v) is 3.16. The number of phenols is 1. The Labute approximate surface area is 161 Å². The molecule has 1 aromatic heterocycles. The van der Waals surface area contributed by atoms with Crippen LogP contribution in [0, 0.1) is 0 Å². The van der Waals surface area contributed by atoms with Crippen LogP contribution in [0.25, 0.3) is 22.6 Å². The molecular formula is C23H29NO3. The number of hydrogen-bond acceptors (Lipinski definition) is 4. The van der Waals surface area contributed by atoms with Crippen molar-refractivity contribution in [3.63, 3.8) is 0 Å². The summed E-state index contributed by atoms with van der Waals surface area (Å²) in [6.07, 6.45) is 10.4. The highest BCUT2D eigenvalue weighted by molar-refractivity contribution is 5.77. The molecule has 0 saturated heterocycles. The second-order valence-corrected chi connectivity index (χ2v) is 7.02. The van der Waals surface area contributed by atoms with Crippen molar-refractivity contribution in [1.29, 1.82) is 0 Å². The van der Waals surface area contributed by atoms with Crippen molar-refractivity contribution in [3.8, 4) is 23.0 Å². The third-order valence-electron chi connectivity index (χ3n) is 4.74. The Morgan fingerprint density at radius 3 is 2.33 bits per heavy atom. The van der Waals surface area contributed by atoms with E-state index in [9.17, 15) is 5.11 Å². The van der Waals surface area contributed by atoms with Crippen molar-refractivity contribution in [1.82, 2.24) is 4.98 Å². The first-order chi connectivity index (χ1) is 13.3. The fourth-order valence-electron chi connectivity index (χ4n) is 3.16. The Morgan fingerprint density at radius 2 is 1.59 bits per heavy atom. The van der Waals surface area contributed by atoms with E-state index in [1.165, 1.54) is 44.9 Å². The molecule has 4 heteroatoms. The summed E-state index contributed by atoms with van der Waals surface area (Å²) < 4.78 is 11.6. The van der Waals surface area contributed by atoms with Crippen LogP contribution in [0.4, 0.5) is 0 Å². The Bertz CT molecular complexity index is 823. The molecule has 0 radical (unpaired) electrons. The molecule has 27 heavy (non-hydrogen) atoms. The molecule has 0 fully saturated rings. The summed E-state index contributed by atoms with van der Waals surface area (Å²) >= 11 is 0. The topological polar surface area (TPSA) is 55.5 Å². The van der Waals surface area contributed by atoms with E-state index in [1.54, 1.807) is 18.2 Å². The number of rotatable bonds is 11. The van der Waals surface area contributed by atoms with Crippen LogP contribution in [-0.4, -0.2) is 16.7 Å². The zero-order chi connectivity index (χ0) is 18.9. The number of nitrogens with zero attached hydrogens (tertiary/aromatic N) is 1. The fraction of sp³-hybridized carbons (Fsp3) is 0.435. The highest BCUT2D eigenvalue weighted by Crippen LogP contribution is 2.27. The number of oxazole rings is 1. The average Bonchev–Trinajstić information content (AvgIpc) is 3.10. The van der Waals surface area contributed by atoms with Crippen molar-refractivity contribution in [2.45, 2.75) is 58.3 Å². The van der Waals surface area contributed by atoms with E-state index < -0.39 is 0 Å². The van der Waals surface area contributed by atoms with Gasteiger partial charge in [0.15, 0.2) is 5.58 Å². The maximum atomic E-state index is 9.53. The van der Waals surface area contributed by atoms with Gasteiger partial charge in [-0.3, -0.25) is 0 Å². The first-order valence-electron chi connectivity index (χ1n) is 10.1. The van der Waals surface area contributed by atoms with Crippen LogP contribution in [-0.2, 0) is 0 Å². The predicted molar refractivity (Wildman–Crippen MR) is 109 cm³/mol. The Kier molecular flexibility index (Phi) is 7.14. The van der Waals surface area contributed by atoms with E-state index in [0.29, 0.717) is 17.0 Å². The average molecular weight is 367 g/mol. The van der Waals surface area contributed by atoms with Crippen molar-refractivity contribution in [2.24, 2.45) is 0 Å². The molecular weight excluding hydrogens is 338 g/mol. The molecule has 1 heterocycles. The molecule has 1 N–H and O–H groups in total. The minimum absolute atomic E-state index is 0.187. The predicted octanol–water partition coefficient (Wildman–Crippen LogP) is 6.72. The lowest BCUT2D eigenvalue weighted by Crippen LogP contribution is -1.97. The SMILES string of the molecule is CCCCCCCCCCOc1ccc(-c2nc3cc(O)ccc3o2)cc1. The third kappa shape index (κ3) is 5.75. The Balaban J connectivity index is 1.42. The summed E-state index contributed by atoms with van der Waals surface area (Å²) in [5.41, 5.74) is 2.21. The van der Waals surface area contributed by atoms with Crippen LogP contribution >= 0.6 is 0 Å². The summed E-state index contributed by atoms with van der Waals surface area (Å²) in [6, 6.07) is 12.7. The van der Waals surface area contributed by atoms with Gasteiger partial charge >= 0.3 is 0 Å². The molecule has 144 valence electrons. The molecule has 0 aliphatic rings. The maximum absolute atomic E-state index is 9.53. The second kappa shape index (κ2) is 10.0. The smallest absolute Gasteiger partial charge is 0.227 e. The summed E-state index contributed by atoms with van der Waals surface area (Å²) in [7, 11) is 0.